The molecule has 0 spiro atoms. The molecule has 0 bridgehead atoms. The first-order chi connectivity index (χ1) is 13.1. The van der Waals surface area contributed by atoms with Gasteiger partial charge in [-0.2, -0.15) is 0 Å². The molecular formula is C20H23N5OS. The van der Waals surface area contributed by atoms with Gasteiger partial charge in [0.15, 0.2) is 0 Å². The van der Waals surface area contributed by atoms with E-state index in [1.807, 2.05) is 30.0 Å². The highest BCUT2D eigenvalue weighted by molar-refractivity contribution is 7.20. The van der Waals surface area contributed by atoms with Crippen LogP contribution in [0, 0.1) is 6.92 Å². The van der Waals surface area contributed by atoms with E-state index < -0.39 is 0 Å². The first kappa shape index (κ1) is 17.9. The highest BCUT2D eigenvalue weighted by atomic mass is 32.1. The van der Waals surface area contributed by atoms with Gasteiger partial charge in [0.1, 0.15) is 17.0 Å². The van der Waals surface area contributed by atoms with Gasteiger partial charge >= 0.3 is 0 Å². The van der Waals surface area contributed by atoms with E-state index >= 15 is 0 Å². The number of nitrogens with zero attached hydrogens (tertiary/aromatic N) is 4. The van der Waals surface area contributed by atoms with E-state index in [0.717, 1.165) is 51.6 Å². The minimum absolute atomic E-state index is 0.123. The van der Waals surface area contributed by atoms with E-state index in [9.17, 15) is 4.79 Å². The standard InChI is InChI=1S/C20H23N5OS/c1-13-7-4-6-10-25(13)20(26)17-14(2)16-18(23-12-24-19(16)27-17)22-11-15-8-3-5-9-21-15/h3,5,8-9,12-13H,4,6-7,10-11H2,1-2H3,(H,22,23,24). The van der Waals surface area contributed by atoms with Crippen LogP contribution >= 0.6 is 11.3 Å². The zero-order valence-electron chi connectivity index (χ0n) is 15.6. The fourth-order valence-corrected chi connectivity index (χ4v) is 4.72. The topological polar surface area (TPSA) is 71.0 Å². The van der Waals surface area contributed by atoms with Gasteiger partial charge in [-0.15, -0.1) is 11.3 Å². The Morgan fingerprint density at radius 2 is 2.19 bits per heavy atom. The molecule has 1 unspecified atom stereocenters. The Hall–Kier alpha value is -2.54. The molecule has 140 valence electrons. The third-order valence-electron chi connectivity index (χ3n) is 5.15. The average Bonchev–Trinajstić information content (AvgIpc) is 3.04. The molecule has 7 heteroatoms. The number of pyridine rings is 1. The predicted molar refractivity (Wildman–Crippen MR) is 108 cm³/mol. The minimum atomic E-state index is 0.123. The van der Waals surface area contributed by atoms with Gasteiger partial charge in [0, 0.05) is 18.8 Å². The fraction of sp³-hybridized carbons (Fsp3) is 0.400. The fourth-order valence-electron chi connectivity index (χ4n) is 3.62. The van der Waals surface area contributed by atoms with Gasteiger partial charge in [-0.1, -0.05) is 6.07 Å². The molecule has 6 nitrogen and oxygen atoms in total. The number of aromatic nitrogens is 3. The number of rotatable bonds is 4. The Labute approximate surface area is 162 Å². The smallest absolute Gasteiger partial charge is 0.264 e. The monoisotopic (exact) mass is 381 g/mol. The van der Waals surface area contributed by atoms with Crippen molar-refractivity contribution in [3.05, 3.63) is 46.9 Å². The minimum Gasteiger partial charge on any atom is -0.364 e. The van der Waals surface area contributed by atoms with Crippen LogP contribution in [0.2, 0.25) is 0 Å². The van der Waals surface area contributed by atoms with Crippen molar-refractivity contribution in [2.75, 3.05) is 11.9 Å². The lowest BCUT2D eigenvalue weighted by Crippen LogP contribution is -2.41. The molecular weight excluding hydrogens is 358 g/mol. The van der Waals surface area contributed by atoms with Crippen molar-refractivity contribution in [1.82, 2.24) is 19.9 Å². The van der Waals surface area contributed by atoms with Gasteiger partial charge in [-0.05, 0) is 50.8 Å². The van der Waals surface area contributed by atoms with Crippen LogP contribution in [-0.4, -0.2) is 38.3 Å². The van der Waals surface area contributed by atoms with Crippen LogP contribution in [0.3, 0.4) is 0 Å². The second kappa shape index (κ2) is 7.60. The molecule has 1 atom stereocenters. The summed E-state index contributed by atoms with van der Waals surface area (Å²) in [5.74, 6) is 0.878. The Balaban J connectivity index is 1.64. The maximum absolute atomic E-state index is 13.1. The third kappa shape index (κ3) is 3.51. The molecule has 1 amide bonds. The molecule has 1 aliphatic heterocycles. The summed E-state index contributed by atoms with van der Waals surface area (Å²) in [5.41, 5.74) is 1.90. The summed E-state index contributed by atoms with van der Waals surface area (Å²) in [6.45, 7) is 5.55. The third-order valence-corrected chi connectivity index (χ3v) is 6.34. The number of carbonyl (C=O) groups is 1. The highest BCUT2D eigenvalue weighted by Gasteiger charge is 2.28. The molecule has 3 aromatic heterocycles. The number of anilines is 1. The SMILES string of the molecule is Cc1c(C(=O)N2CCCCC2C)sc2ncnc(NCc3ccccn3)c12. The van der Waals surface area contributed by atoms with Crippen LogP contribution in [0.4, 0.5) is 5.82 Å². The lowest BCUT2D eigenvalue weighted by molar-refractivity contribution is 0.0640. The van der Waals surface area contributed by atoms with Crippen LogP contribution < -0.4 is 5.32 Å². The van der Waals surface area contributed by atoms with E-state index in [0.29, 0.717) is 12.6 Å². The molecule has 4 rings (SSSR count). The quantitative estimate of drug-likeness (QED) is 0.739. The summed E-state index contributed by atoms with van der Waals surface area (Å²) in [6.07, 6.45) is 6.68. The molecule has 0 aromatic carbocycles. The first-order valence-corrected chi connectivity index (χ1v) is 10.2. The zero-order chi connectivity index (χ0) is 18.8. The van der Waals surface area contributed by atoms with E-state index in [1.165, 1.54) is 17.8 Å². The number of carbonyl (C=O) groups excluding carboxylic acids is 1. The Morgan fingerprint density at radius 1 is 1.30 bits per heavy atom. The average molecular weight is 382 g/mol. The lowest BCUT2D eigenvalue weighted by atomic mass is 10.0. The van der Waals surface area contributed by atoms with Crippen molar-refractivity contribution < 1.29 is 4.79 Å². The summed E-state index contributed by atoms with van der Waals surface area (Å²) in [6, 6.07) is 6.13. The van der Waals surface area contributed by atoms with Gasteiger partial charge < -0.3 is 10.2 Å². The normalized spacial score (nSPS) is 17.3. The molecule has 0 radical (unpaired) electrons. The van der Waals surface area contributed by atoms with Gasteiger partial charge in [0.05, 0.1) is 22.5 Å². The molecule has 4 heterocycles. The van der Waals surface area contributed by atoms with E-state index in [1.54, 1.807) is 12.5 Å². The molecule has 3 aromatic rings. The number of hydrogen-bond acceptors (Lipinski definition) is 6. The highest BCUT2D eigenvalue weighted by Crippen LogP contribution is 2.35. The second-order valence-corrected chi connectivity index (χ2v) is 7.98. The maximum atomic E-state index is 13.1. The molecule has 27 heavy (non-hydrogen) atoms. The van der Waals surface area contributed by atoms with Crippen LogP contribution in [0.5, 0.6) is 0 Å². The number of thiophene rings is 1. The van der Waals surface area contributed by atoms with E-state index in [-0.39, 0.29) is 5.91 Å². The van der Waals surface area contributed by atoms with Gasteiger partial charge in [0.25, 0.3) is 5.91 Å². The summed E-state index contributed by atoms with van der Waals surface area (Å²) < 4.78 is 0. The number of piperidine rings is 1. The zero-order valence-corrected chi connectivity index (χ0v) is 16.4. The molecule has 0 aliphatic carbocycles. The van der Waals surface area contributed by atoms with Crippen molar-refractivity contribution in [2.45, 2.75) is 45.7 Å². The molecule has 1 aliphatic rings. The first-order valence-electron chi connectivity index (χ1n) is 9.34. The second-order valence-electron chi connectivity index (χ2n) is 6.98. The van der Waals surface area contributed by atoms with Crippen molar-refractivity contribution >= 4 is 33.3 Å². The van der Waals surface area contributed by atoms with E-state index in [4.69, 9.17) is 0 Å². The predicted octanol–water partition coefficient (Wildman–Crippen LogP) is 4.02. The summed E-state index contributed by atoms with van der Waals surface area (Å²) >= 11 is 1.47. The summed E-state index contributed by atoms with van der Waals surface area (Å²) in [4.78, 5) is 29.9. The lowest BCUT2D eigenvalue weighted by Gasteiger charge is -2.33. The van der Waals surface area contributed by atoms with E-state index in [2.05, 4.69) is 27.2 Å². The summed E-state index contributed by atoms with van der Waals surface area (Å²) in [5, 5.41) is 4.29. The number of amides is 1. The van der Waals surface area contributed by atoms with Gasteiger partial charge in [-0.3, -0.25) is 9.78 Å². The van der Waals surface area contributed by atoms with Gasteiger partial charge in [0.2, 0.25) is 0 Å². The largest absolute Gasteiger partial charge is 0.364 e. The summed E-state index contributed by atoms with van der Waals surface area (Å²) in [7, 11) is 0. The molecule has 0 saturated carbocycles. The van der Waals surface area contributed by atoms with Crippen molar-refractivity contribution in [2.24, 2.45) is 0 Å². The molecule has 1 N–H and O–H groups in total. The Kier molecular flexibility index (Phi) is 5.03. The number of fused-ring (bicyclic) bond motifs is 1. The maximum Gasteiger partial charge on any atom is 0.264 e. The number of likely N-dealkylation sites (tertiary alicyclic amines) is 1. The van der Waals surface area contributed by atoms with Crippen molar-refractivity contribution in [1.29, 1.82) is 0 Å². The molecule has 1 fully saturated rings. The van der Waals surface area contributed by atoms with Crippen LogP contribution in [0.1, 0.15) is 47.1 Å². The Morgan fingerprint density at radius 3 is 2.96 bits per heavy atom. The number of aryl methyl sites for hydroxylation is 1. The van der Waals surface area contributed by atoms with Gasteiger partial charge in [-0.25, -0.2) is 9.97 Å². The van der Waals surface area contributed by atoms with Crippen LogP contribution in [0.25, 0.3) is 10.2 Å². The number of hydrogen-bond donors (Lipinski definition) is 1. The van der Waals surface area contributed by atoms with Crippen LogP contribution in [0.15, 0.2) is 30.7 Å². The van der Waals surface area contributed by atoms with Crippen LogP contribution in [-0.2, 0) is 6.54 Å². The number of nitrogens with one attached hydrogen (secondary N) is 1. The Bertz CT molecular complexity index is 956. The van der Waals surface area contributed by atoms with Crippen molar-refractivity contribution in [3.63, 3.8) is 0 Å². The molecule has 1 saturated heterocycles. The van der Waals surface area contributed by atoms with Crippen molar-refractivity contribution in [3.8, 4) is 0 Å².